The van der Waals surface area contributed by atoms with E-state index in [9.17, 15) is 14.6 Å². The summed E-state index contributed by atoms with van der Waals surface area (Å²) in [5, 5.41) is 22.1. The summed E-state index contributed by atoms with van der Waals surface area (Å²) in [5.74, 6) is -0.302. The predicted molar refractivity (Wildman–Crippen MR) is 106 cm³/mol. The molecule has 154 valence electrons. The maximum Gasteiger partial charge on any atom is 0.143 e. The van der Waals surface area contributed by atoms with E-state index in [-0.39, 0.29) is 5.02 Å². The first kappa shape index (κ1) is 20.0. The molecule has 29 heavy (non-hydrogen) atoms. The van der Waals surface area contributed by atoms with Crippen LogP contribution in [0.15, 0.2) is 30.7 Å². The Morgan fingerprint density at radius 1 is 1.31 bits per heavy atom. The SMILES string of the molecule is Cc1ncnc2c1ccn2[C@@H]1C[C@H](Oc2cc(Cl)c(F)cc2[C@H](C)N)[C@@H](O)[C@H]1O. The van der Waals surface area contributed by atoms with Gasteiger partial charge in [-0.3, -0.25) is 0 Å². The average Bonchev–Trinajstić information content (AvgIpc) is 3.22. The Labute approximate surface area is 171 Å². The zero-order valence-corrected chi connectivity index (χ0v) is 16.7. The maximum absolute atomic E-state index is 13.9. The third kappa shape index (κ3) is 3.46. The number of nitrogens with zero attached hydrogens (tertiary/aromatic N) is 3. The molecule has 0 radical (unpaired) electrons. The summed E-state index contributed by atoms with van der Waals surface area (Å²) in [6, 6.07) is 3.52. The Hall–Kier alpha value is -2.26. The molecule has 1 aromatic carbocycles. The number of aryl methyl sites for hydroxylation is 1. The van der Waals surface area contributed by atoms with Gasteiger partial charge >= 0.3 is 0 Å². The number of aromatic nitrogens is 3. The summed E-state index contributed by atoms with van der Waals surface area (Å²) in [6.07, 6.45) is 0.662. The number of ether oxygens (including phenoxy) is 1. The molecule has 1 aliphatic rings. The van der Waals surface area contributed by atoms with E-state index in [0.29, 0.717) is 23.4 Å². The number of nitrogens with two attached hydrogens (primary N) is 1. The van der Waals surface area contributed by atoms with Crippen molar-refractivity contribution in [2.24, 2.45) is 5.73 Å². The lowest BCUT2D eigenvalue weighted by Gasteiger charge is -2.21. The van der Waals surface area contributed by atoms with Crippen LogP contribution in [0, 0.1) is 12.7 Å². The number of rotatable bonds is 4. The van der Waals surface area contributed by atoms with Crippen LogP contribution >= 0.6 is 11.6 Å². The zero-order chi connectivity index (χ0) is 20.9. The number of benzene rings is 1. The van der Waals surface area contributed by atoms with E-state index < -0.39 is 36.2 Å². The summed E-state index contributed by atoms with van der Waals surface area (Å²) in [6.45, 7) is 3.58. The minimum absolute atomic E-state index is 0.0995. The van der Waals surface area contributed by atoms with Crippen LogP contribution in [0.4, 0.5) is 4.39 Å². The van der Waals surface area contributed by atoms with E-state index in [4.69, 9.17) is 22.1 Å². The van der Waals surface area contributed by atoms with Gasteiger partial charge in [0.2, 0.25) is 0 Å². The van der Waals surface area contributed by atoms with Crippen LogP contribution in [0.3, 0.4) is 0 Å². The lowest BCUT2D eigenvalue weighted by Crippen LogP contribution is -2.34. The molecule has 1 saturated carbocycles. The molecular weight excluding hydrogens is 399 g/mol. The van der Waals surface area contributed by atoms with E-state index in [0.717, 1.165) is 11.1 Å². The fourth-order valence-corrected chi connectivity index (χ4v) is 4.04. The Bertz CT molecular complexity index is 1060. The van der Waals surface area contributed by atoms with E-state index in [1.54, 1.807) is 6.92 Å². The molecular formula is C20H22ClFN4O3. The van der Waals surface area contributed by atoms with Crippen molar-refractivity contribution in [2.45, 2.75) is 50.7 Å². The molecule has 7 nitrogen and oxygen atoms in total. The Morgan fingerprint density at radius 2 is 2.07 bits per heavy atom. The van der Waals surface area contributed by atoms with Gasteiger partial charge in [-0.25, -0.2) is 14.4 Å². The minimum atomic E-state index is -1.15. The van der Waals surface area contributed by atoms with Crippen molar-refractivity contribution in [3.8, 4) is 5.75 Å². The monoisotopic (exact) mass is 420 g/mol. The van der Waals surface area contributed by atoms with E-state index in [2.05, 4.69) is 9.97 Å². The highest BCUT2D eigenvalue weighted by Crippen LogP contribution is 2.38. The third-order valence-corrected chi connectivity index (χ3v) is 5.78. The van der Waals surface area contributed by atoms with Gasteiger partial charge < -0.3 is 25.3 Å². The third-order valence-electron chi connectivity index (χ3n) is 5.49. The number of hydrogen-bond donors (Lipinski definition) is 3. The highest BCUT2D eigenvalue weighted by Gasteiger charge is 2.44. The van der Waals surface area contributed by atoms with Crippen molar-refractivity contribution < 1.29 is 19.3 Å². The number of fused-ring (bicyclic) bond motifs is 1. The lowest BCUT2D eigenvalue weighted by atomic mass is 10.1. The van der Waals surface area contributed by atoms with Crippen LogP contribution in [0.2, 0.25) is 5.02 Å². The van der Waals surface area contributed by atoms with Crippen LogP contribution in [0.25, 0.3) is 11.0 Å². The summed E-state index contributed by atoms with van der Waals surface area (Å²) in [5.41, 5.74) is 7.87. The molecule has 9 heteroatoms. The summed E-state index contributed by atoms with van der Waals surface area (Å²) >= 11 is 5.91. The lowest BCUT2D eigenvalue weighted by molar-refractivity contribution is -0.0166. The second-order valence-electron chi connectivity index (χ2n) is 7.45. The predicted octanol–water partition coefficient (Wildman–Crippen LogP) is 2.67. The molecule has 4 rings (SSSR count). The van der Waals surface area contributed by atoms with Crippen LogP contribution < -0.4 is 10.5 Å². The van der Waals surface area contributed by atoms with Crippen LogP contribution in [0.5, 0.6) is 5.75 Å². The maximum atomic E-state index is 13.9. The van der Waals surface area contributed by atoms with Crippen molar-refractivity contribution in [2.75, 3.05) is 0 Å². The first-order valence-corrected chi connectivity index (χ1v) is 9.71. The van der Waals surface area contributed by atoms with Gasteiger partial charge in [-0.15, -0.1) is 0 Å². The first-order chi connectivity index (χ1) is 13.8. The van der Waals surface area contributed by atoms with Gasteiger partial charge in [-0.05, 0) is 26.0 Å². The van der Waals surface area contributed by atoms with Crippen molar-refractivity contribution in [3.05, 3.63) is 52.8 Å². The van der Waals surface area contributed by atoms with Crippen LogP contribution in [0.1, 0.15) is 36.7 Å². The van der Waals surface area contributed by atoms with Gasteiger partial charge in [0.05, 0.1) is 16.8 Å². The van der Waals surface area contributed by atoms with Crippen LogP contribution in [-0.2, 0) is 0 Å². The first-order valence-electron chi connectivity index (χ1n) is 9.33. The fourth-order valence-electron chi connectivity index (χ4n) is 3.89. The number of aliphatic hydroxyl groups is 2. The van der Waals surface area contributed by atoms with Gasteiger partial charge in [0.1, 0.15) is 41.9 Å². The molecule has 0 unspecified atom stereocenters. The standard InChI is InChI=1S/C20H22ClFN4O3/c1-9(23)12-5-14(22)13(21)6-16(12)29-17-7-15(18(27)19(17)28)26-4-3-11-10(2)24-8-25-20(11)26/h3-6,8-9,15,17-19,27-28H,7,23H2,1-2H3/t9-,15+,17-,18-,19+/m0/s1. The quantitative estimate of drug-likeness (QED) is 0.599. The molecule has 0 spiro atoms. The molecule has 0 saturated heterocycles. The Morgan fingerprint density at radius 3 is 2.79 bits per heavy atom. The normalized spacial score (nSPS) is 25.5. The summed E-state index contributed by atoms with van der Waals surface area (Å²) < 4.78 is 21.6. The second kappa shape index (κ2) is 7.53. The largest absolute Gasteiger partial charge is 0.487 e. The highest BCUT2D eigenvalue weighted by atomic mass is 35.5. The minimum Gasteiger partial charge on any atom is -0.487 e. The Kier molecular flexibility index (Phi) is 5.20. The number of hydrogen-bond acceptors (Lipinski definition) is 6. The van der Waals surface area contributed by atoms with Gasteiger partial charge in [0, 0.05) is 35.7 Å². The smallest absolute Gasteiger partial charge is 0.143 e. The molecule has 5 atom stereocenters. The molecule has 3 aromatic rings. The molecule has 0 bridgehead atoms. The van der Waals surface area contributed by atoms with Gasteiger partial charge in [0.15, 0.2) is 0 Å². The molecule has 0 amide bonds. The molecule has 1 aliphatic carbocycles. The van der Waals surface area contributed by atoms with Crippen molar-refractivity contribution >= 4 is 22.6 Å². The second-order valence-corrected chi connectivity index (χ2v) is 7.86. The van der Waals surface area contributed by atoms with Gasteiger partial charge in [-0.2, -0.15) is 0 Å². The van der Waals surface area contributed by atoms with Crippen LogP contribution in [-0.4, -0.2) is 43.1 Å². The summed E-state index contributed by atoms with van der Waals surface area (Å²) in [7, 11) is 0. The van der Waals surface area contributed by atoms with Crippen molar-refractivity contribution in [1.29, 1.82) is 0 Å². The number of aliphatic hydroxyl groups excluding tert-OH is 2. The van der Waals surface area contributed by atoms with Gasteiger partial charge in [-0.1, -0.05) is 11.6 Å². The van der Waals surface area contributed by atoms with Gasteiger partial charge in [0.25, 0.3) is 0 Å². The molecule has 4 N–H and O–H groups in total. The molecule has 2 heterocycles. The van der Waals surface area contributed by atoms with Crippen molar-refractivity contribution in [1.82, 2.24) is 14.5 Å². The Balaban J connectivity index is 1.65. The van der Waals surface area contributed by atoms with E-state index in [1.165, 1.54) is 18.5 Å². The van der Waals surface area contributed by atoms with E-state index in [1.807, 2.05) is 23.8 Å². The molecule has 2 aromatic heterocycles. The topological polar surface area (TPSA) is 106 Å². The highest BCUT2D eigenvalue weighted by molar-refractivity contribution is 6.30. The average molecular weight is 421 g/mol. The van der Waals surface area contributed by atoms with Crippen molar-refractivity contribution in [3.63, 3.8) is 0 Å². The zero-order valence-electron chi connectivity index (χ0n) is 16.0. The molecule has 0 aliphatic heterocycles. The van der Waals surface area contributed by atoms with E-state index >= 15 is 0 Å². The number of halogens is 2. The summed E-state index contributed by atoms with van der Waals surface area (Å²) in [4.78, 5) is 8.49. The fraction of sp³-hybridized carbons (Fsp3) is 0.400. The molecule has 1 fully saturated rings.